The molecule has 1 aromatic heterocycles. The Morgan fingerprint density at radius 1 is 1.48 bits per heavy atom. The Labute approximate surface area is 128 Å². The van der Waals surface area contributed by atoms with E-state index < -0.39 is 0 Å². The summed E-state index contributed by atoms with van der Waals surface area (Å²) in [6.45, 7) is 4.84. The number of aromatic nitrogens is 1. The number of nitrogens with two attached hydrogens (primary N) is 1. The van der Waals surface area contributed by atoms with Crippen molar-refractivity contribution >= 4 is 22.9 Å². The molecule has 0 fully saturated rings. The molecule has 0 aliphatic carbocycles. The number of nitrogens with zero attached hydrogens (tertiary/aromatic N) is 1. The highest BCUT2D eigenvalue weighted by Crippen LogP contribution is 2.24. The van der Waals surface area contributed by atoms with Crippen LogP contribution >= 0.6 is 11.3 Å². The minimum Gasteiger partial charge on any atom is -0.493 e. The van der Waals surface area contributed by atoms with Crippen molar-refractivity contribution in [2.24, 2.45) is 0 Å². The van der Waals surface area contributed by atoms with Crippen LogP contribution in [0.3, 0.4) is 0 Å². The number of rotatable bonds is 6. The summed E-state index contributed by atoms with van der Waals surface area (Å²) in [5.41, 5.74) is 7.69. The second-order valence-corrected chi connectivity index (χ2v) is 5.58. The molecule has 0 saturated heterocycles. The number of hydrogen-bond donors (Lipinski definition) is 2. The SMILES string of the molecule is CCOc1cccc(N)c1C(=O)NCCc1csc(C)n1. The first-order valence-electron chi connectivity index (χ1n) is 6.82. The zero-order chi connectivity index (χ0) is 15.2. The van der Waals surface area contributed by atoms with Crippen LogP contribution in [0, 0.1) is 6.92 Å². The number of thiazole rings is 1. The van der Waals surface area contributed by atoms with E-state index >= 15 is 0 Å². The second kappa shape index (κ2) is 7.08. The molecule has 0 unspecified atom stereocenters. The number of amides is 1. The molecular formula is C15H19N3O2S. The maximum absolute atomic E-state index is 12.3. The summed E-state index contributed by atoms with van der Waals surface area (Å²) in [6.07, 6.45) is 0.701. The smallest absolute Gasteiger partial charge is 0.257 e. The fraction of sp³-hybridized carbons (Fsp3) is 0.333. The summed E-state index contributed by atoms with van der Waals surface area (Å²) in [4.78, 5) is 16.6. The van der Waals surface area contributed by atoms with Crippen LogP contribution in [-0.4, -0.2) is 24.0 Å². The number of hydrogen-bond acceptors (Lipinski definition) is 5. The molecule has 21 heavy (non-hydrogen) atoms. The Morgan fingerprint density at radius 3 is 2.95 bits per heavy atom. The molecule has 6 heteroatoms. The lowest BCUT2D eigenvalue weighted by Crippen LogP contribution is -2.27. The van der Waals surface area contributed by atoms with Gasteiger partial charge in [0.05, 0.1) is 17.3 Å². The fourth-order valence-corrected chi connectivity index (χ4v) is 2.63. The van der Waals surface area contributed by atoms with Gasteiger partial charge >= 0.3 is 0 Å². The average Bonchev–Trinajstić information content (AvgIpc) is 2.85. The van der Waals surface area contributed by atoms with Crippen LogP contribution in [0.2, 0.25) is 0 Å². The summed E-state index contributed by atoms with van der Waals surface area (Å²) in [5.74, 6) is 0.294. The zero-order valence-electron chi connectivity index (χ0n) is 12.2. The molecule has 0 aliphatic rings. The first-order valence-corrected chi connectivity index (χ1v) is 7.70. The molecule has 1 aromatic carbocycles. The number of nitrogen functional groups attached to an aromatic ring is 1. The lowest BCUT2D eigenvalue weighted by Gasteiger charge is -2.12. The Kier molecular flexibility index (Phi) is 5.16. The molecular weight excluding hydrogens is 286 g/mol. The zero-order valence-corrected chi connectivity index (χ0v) is 13.0. The third-order valence-corrected chi connectivity index (χ3v) is 3.74. The summed E-state index contributed by atoms with van der Waals surface area (Å²) in [5, 5.41) is 5.90. The topological polar surface area (TPSA) is 77.2 Å². The van der Waals surface area contributed by atoms with E-state index in [-0.39, 0.29) is 5.91 Å². The van der Waals surface area contributed by atoms with E-state index in [4.69, 9.17) is 10.5 Å². The van der Waals surface area contributed by atoms with Crippen LogP contribution < -0.4 is 15.8 Å². The largest absolute Gasteiger partial charge is 0.493 e. The van der Waals surface area contributed by atoms with Crippen molar-refractivity contribution in [3.05, 3.63) is 39.8 Å². The first-order chi connectivity index (χ1) is 10.1. The van der Waals surface area contributed by atoms with Crippen molar-refractivity contribution in [1.29, 1.82) is 0 Å². The second-order valence-electron chi connectivity index (χ2n) is 4.52. The molecule has 0 aliphatic heterocycles. The van der Waals surface area contributed by atoms with Crippen molar-refractivity contribution in [1.82, 2.24) is 10.3 Å². The van der Waals surface area contributed by atoms with E-state index in [1.54, 1.807) is 29.5 Å². The van der Waals surface area contributed by atoms with Crippen LogP contribution in [0.5, 0.6) is 5.75 Å². The number of ether oxygens (including phenoxy) is 1. The van der Waals surface area contributed by atoms with Gasteiger partial charge in [0, 0.05) is 24.0 Å². The third kappa shape index (κ3) is 3.95. The van der Waals surface area contributed by atoms with Gasteiger partial charge in [-0.1, -0.05) is 6.07 Å². The van der Waals surface area contributed by atoms with Gasteiger partial charge in [0.1, 0.15) is 11.3 Å². The standard InChI is InChI=1S/C15H19N3O2S/c1-3-20-13-6-4-5-12(16)14(13)15(19)17-8-7-11-9-21-10(2)18-11/h4-6,9H,3,7-8,16H2,1-2H3,(H,17,19). The quantitative estimate of drug-likeness (QED) is 0.803. The molecule has 0 radical (unpaired) electrons. The molecule has 2 aromatic rings. The number of aryl methyl sites for hydroxylation is 1. The van der Waals surface area contributed by atoms with Crippen molar-refractivity contribution in [2.75, 3.05) is 18.9 Å². The van der Waals surface area contributed by atoms with E-state index in [0.717, 1.165) is 10.7 Å². The van der Waals surface area contributed by atoms with Gasteiger partial charge in [0.25, 0.3) is 5.91 Å². The lowest BCUT2D eigenvalue weighted by molar-refractivity contribution is 0.0951. The molecule has 1 heterocycles. The van der Waals surface area contributed by atoms with Gasteiger partial charge in [-0.2, -0.15) is 0 Å². The summed E-state index contributed by atoms with van der Waals surface area (Å²) < 4.78 is 5.46. The van der Waals surface area contributed by atoms with E-state index in [9.17, 15) is 4.79 Å². The van der Waals surface area contributed by atoms with Crippen molar-refractivity contribution in [3.8, 4) is 5.75 Å². The Morgan fingerprint density at radius 2 is 2.29 bits per heavy atom. The molecule has 112 valence electrons. The average molecular weight is 305 g/mol. The van der Waals surface area contributed by atoms with E-state index in [1.807, 2.05) is 19.2 Å². The number of carbonyl (C=O) groups excluding carboxylic acids is 1. The minimum atomic E-state index is -0.219. The molecule has 0 bridgehead atoms. The highest BCUT2D eigenvalue weighted by Gasteiger charge is 2.15. The van der Waals surface area contributed by atoms with Gasteiger partial charge in [-0.15, -0.1) is 11.3 Å². The van der Waals surface area contributed by atoms with Crippen LogP contribution in [0.25, 0.3) is 0 Å². The first kappa shape index (κ1) is 15.3. The molecule has 2 rings (SSSR count). The van der Waals surface area contributed by atoms with Gasteiger partial charge in [0.2, 0.25) is 0 Å². The summed E-state index contributed by atoms with van der Waals surface area (Å²) in [6, 6.07) is 5.22. The van der Waals surface area contributed by atoms with E-state index in [0.29, 0.717) is 36.6 Å². The molecule has 3 N–H and O–H groups in total. The predicted octanol–water partition coefficient (Wildman–Crippen LogP) is 2.40. The lowest BCUT2D eigenvalue weighted by atomic mass is 10.1. The van der Waals surface area contributed by atoms with E-state index in [1.165, 1.54) is 0 Å². The summed E-state index contributed by atoms with van der Waals surface area (Å²) in [7, 11) is 0. The molecule has 5 nitrogen and oxygen atoms in total. The van der Waals surface area contributed by atoms with Gasteiger partial charge in [-0.25, -0.2) is 4.98 Å². The van der Waals surface area contributed by atoms with Crippen LogP contribution in [0.1, 0.15) is 28.0 Å². The monoisotopic (exact) mass is 305 g/mol. The number of carbonyl (C=O) groups is 1. The van der Waals surface area contributed by atoms with Crippen molar-refractivity contribution in [2.45, 2.75) is 20.3 Å². The van der Waals surface area contributed by atoms with Crippen molar-refractivity contribution in [3.63, 3.8) is 0 Å². The minimum absolute atomic E-state index is 0.219. The van der Waals surface area contributed by atoms with E-state index in [2.05, 4.69) is 10.3 Å². The third-order valence-electron chi connectivity index (χ3n) is 2.92. The number of benzene rings is 1. The Balaban J connectivity index is 2.00. The van der Waals surface area contributed by atoms with Crippen LogP contribution in [-0.2, 0) is 6.42 Å². The highest BCUT2D eigenvalue weighted by molar-refractivity contribution is 7.09. The predicted molar refractivity (Wildman–Crippen MR) is 84.9 cm³/mol. The maximum atomic E-state index is 12.3. The van der Waals surface area contributed by atoms with Gasteiger partial charge in [-0.3, -0.25) is 4.79 Å². The number of nitrogens with one attached hydrogen (secondary N) is 1. The van der Waals surface area contributed by atoms with Gasteiger partial charge < -0.3 is 15.8 Å². The summed E-state index contributed by atoms with van der Waals surface area (Å²) >= 11 is 1.61. The fourth-order valence-electron chi connectivity index (χ4n) is 1.98. The molecule has 1 amide bonds. The van der Waals surface area contributed by atoms with Crippen LogP contribution in [0.15, 0.2) is 23.6 Å². The maximum Gasteiger partial charge on any atom is 0.257 e. The Hall–Kier alpha value is -2.08. The van der Waals surface area contributed by atoms with Crippen molar-refractivity contribution < 1.29 is 9.53 Å². The van der Waals surface area contributed by atoms with Gasteiger partial charge in [0.15, 0.2) is 0 Å². The Bertz CT molecular complexity index is 625. The van der Waals surface area contributed by atoms with Crippen LogP contribution in [0.4, 0.5) is 5.69 Å². The molecule has 0 saturated carbocycles. The van der Waals surface area contributed by atoms with Gasteiger partial charge in [-0.05, 0) is 26.0 Å². The molecule has 0 spiro atoms. The number of anilines is 1. The molecule has 0 atom stereocenters. The normalized spacial score (nSPS) is 10.4. The highest BCUT2D eigenvalue weighted by atomic mass is 32.1.